The largest absolute Gasteiger partial charge is 0.508 e. The molecule has 1 aliphatic heterocycles. The van der Waals surface area contributed by atoms with Gasteiger partial charge in [0.1, 0.15) is 5.75 Å². The molecule has 7 heteroatoms. The van der Waals surface area contributed by atoms with Crippen molar-refractivity contribution in [2.75, 3.05) is 31.1 Å². The van der Waals surface area contributed by atoms with Crippen LogP contribution in [-0.4, -0.2) is 44.0 Å². The van der Waals surface area contributed by atoms with Gasteiger partial charge in [-0.25, -0.2) is 8.42 Å². The van der Waals surface area contributed by atoms with Gasteiger partial charge in [-0.1, -0.05) is 23.7 Å². The van der Waals surface area contributed by atoms with Gasteiger partial charge in [0.2, 0.25) is 10.0 Å². The first-order valence-corrected chi connectivity index (χ1v) is 9.50. The molecule has 1 fully saturated rings. The average molecular weight is 367 g/mol. The summed E-state index contributed by atoms with van der Waals surface area (Å²) in [6, 6.07) is 11.8. The van der Waals surface area contributed by atoms with Gasteiger partial charge in [-0.3, -0.25) is 0 Å². The number of piperazine rings is 1. The second kappa shape index (κ2) is 6.63. The van der Waals surface area contributed by atoms with E-state index >= 15 is 0 Å². The van der Waals surface area contributed by atoms with Crippen LogP contribution in [0.2, 0.25) is 5.02 Å². The van der Waals surface area contributed by atoms with Gasteiger partial charge in [0.15, 0.2) is 0 Å². The SMILES string of the molecule is Cc1ccc(S(=O)(=O)N2CCN(c3cccc(O)c3)CC2)cc1Cl. The van der Waals surface area contributed by atoms with Crippen molar-refractivity contribution in [2.45, 2.75) is 11.8 Å². The molecule has 128 valence electrons. The molecule has 1 aliphatic rings. The van der Waals surface area contributed by atoms with E-state index in [9.17, 15) is 13.5 Å². The Labute approximate surface area is 147 Å². The summed E-state index contributed by atoms with van der Waals surface area (Å²) in [5, 5.41) is 10.0. The number of sulfonamides is 1. The van der Waals surface area contributed by atoms with E-state index in [1.165, 1.54) is 10.4 Å². The number of nitrogens with zero attached hydrogens (tertiary/aromatic N) is 2. The van der Waals surface area contributed by atoms with E-state index in [0.717, 1.165) is 11.3 Å². The number of hydrogen-bond donors (Lipinski definition) is 1. The van der Waals surface area contributed by atoms with Crippen LogP contribution in [-0.2, 0) is 10.0 Å². The minimum atomic E-state index is -3.54. The van der Waals surface area contributed by atoms with Gasteiger partial charge in [-0.05, 0) is 36.8 Å². The van der Waals surface area contributed by atoms with Crippen molar-refractivity contribution < 1.29 is 13.5 Å². The third-order valence-corrected chi connectivity index (χ3v) is 6.52. The third kappa shape index (κ3) is 3.36. The maximum absolute atomic E-state index is 12.8. The second-order valence-electron chi connectivity index (χ2n) is 5.82. The summed E-state index contributed by atoms with van der Waals surface area (Å²) in [5.41, 5.74) is 1.75. The average Bonchev–Trinajstić information content (AvgIpc) is 2.57. The molecule has 0 aliphatic carbocycles. The summed E-state index contributed by atoms with van der Waals surface area (Å²) in [4.78, 5) is 2.29. The molecular weight excluding hydrogens is 348 g/mol. The fraction of sp³-hybridized carbons (Fsp3) is 0.294. The standard InChI is InChI=1S/C17H19ClN2O3S/c1-13-5-6-16(12-17(13)18)24(22,23)20-9-7-19(8-10-20)14-3-2-4-15(21)11-14/h2-6,11-12,21H,7-10H2,1H3. The minimum absolute atomic E-state index is 0.205. The summed E-state index contributed by atoms with van der Waals surface area (Å²) >= 11 is 6.06. The zero-order chi connectivity index (χ0) is 17.3. The van der Waals surface area contributed by atoms with E-state index < -0.39 is 10.0 Å². The topological polar surface area (TPSA) is 60.9 Å². The molecule has 1 heterocycles. The molecule has 0 bridgehead atoms. The number of aryl methyl sites for hydroxylation is 1. The van der Waals surface area contributed by atoms with Gasteiger partial charge >= 0.3 is 0 Å². The molecule has 0 radical (unpaired) electrons. The molecule has 2 aromatic rings. The Bertz CT molecular complexity index is 847. The van der Waals surface area contributed by atoms with Gasteiger partial charge in [0, 0.05) is 43.0 Å². The van der Waals surface area contributed by atoms with Gasteiger partial charge in [-0.2, -0.15) is 4.31 Å². The quantitative estimate of drug-likeness (QED) is 0.907. The molecule has 1 saturated heterocycles. The van der Waals surface area contributed by atoms with Gasteiger partial charge in [-0.15, -0.1) is 0 Å². The number of hydrogen-bond acceptors (Lipinski definition) is 4. The molecule has 0 spiro atoms. The predicted octanol–water partition coefficient (Wildman–Crippen LogP) is 2.86. The monoisotopic (exact) mass is 366 g/mol. The van der Waals surface area contributed by atoms with E-state index in [1.54, 1.807) is 30.3 Å². The highest BCUT2D eigenvalue weighted by Gasteiger charge is 2.29. The number of rotatable bonds is 3. The summed E-state index contributed by atoms with van der Waals surface area (Å²) in [5.74, 6) is 0.205. The van der Waals surface area contributed by atoms with Crippen LogP contribution in [0.25, 0.3) is 0 Å². The van der Waals surface area contributed by atoms with Crippen molar-refractivity contribution in [1.29, 1.82) is 0 Å². The molecule has 0 saturated carbocycles. The second-order valence-corrected chi connectivity index (χ2v) is 8.17. The fourth-order valence-corrected chi connectivity index (χ4v) is 4.45. The van der Waals surface area contributed by atoms with Crippen LogP contribution >= 0.6 is 11.6 Å². The highest BCUT2D eigenvalue weighted by molar-refractivity contribution is 7.89. The number of phenolic OH excluding ortho intramolecular Hbond substituents is 1. The Hall–Kier alpha value is -1.76. The Kier molecular flexibility index (Phi) is 4.71. The van der Waals surface area contributed by atoms with Crippen molar-refractivity contribution in [2.24, 2.45) is 0 Å². The van der Waals surface area contributed by atoms with E-state index in [-0.39, 0.29) is 10.6 Å². The summed E-state index contributed by atoms with van der Waals surface area (Å²) in [6.07, 6.45) is 0. The molecule has 1 N–H and O–H groups in total. The third-order valence-electron chi connectivity index (χ3n) is 4.21. The highest BCUT2D eigenvalue weighted by Crippen LogP contribution is 2.25. The summed E-state index contributed by atoms with van der Waals surface area (Å²) in [7, 11) is -3.54. The zero-order valence-electron chi connectivity index (χ0n) is 13.3. The van der Waals surface area contributed by atoms with E-state index in [0.29, 0.717) is 31.2 Å². The van der Waals surface area contributed by atoms with E-state index in [1.807, 2.05) is 13.0 Å². The number of anilines is 1. The lowest BCUT2D eigenvalue weighted by Crippen LogP contribution is -2.48. The Balaban J connectivity index is 1.74. The minimum Gasteiger partial charge on any atom is -0.508 e. The number of phenols is 1. The number of aromatic hydroxyl groups is 1. The van der Waals surface area contributed by atoms with Crippen LogP contribution in [0.1, 0.15) is 5.56 Å². The maximum atomic E-state index is 12.8. The van der Waals surface area contributed by atoms with Gasteiger partial charge < -0.3 is 10.0 Å². The molecule has 0 aromatic heterocycles. The van der Waals surface area contributed by atoms with Gasteiger partial charge in [0.05, 0.1) is 4.90 Å². The van der Waals surface area contributed by atoms with Crippen molar-refractivity contribution in [1.82, 2.24) is 4.31 Å². The molecule has 2 aromatic carbocycles. The first-order chi connectivity index (χ1) is 11.4. The fourth-order valence-electron chi connectivity index (χ4n) is 2.76. The Morgan fingerprint density at radius 2 is 1.75 bits per heavy atom. The van der Waals surface area contributed by atoms with Crippen molar-refractivity contribution in [3.8, 4) is 5.75 Å². The lowest BCUT2D eigenvalue weighted by molar-refractivity contribution is 0.384. The van der Waals surface area contributed by atoms with Crippen LogP contribution in [0.5, 0.6) is 5.75 Å². The van der Waals surface area contributed by atoms with Crippen LogP contribution in [0, 0.1) is 6.92 Å². The van der Waals surface area contributed by atoms with E-state index in [2.05, 4.69) is 4.90 Å². The molecule has 5 nitrogen and oxygen atoms in total. The van der Waals surface area contributed by atoms with Crippen LogP contribution < -0.4 is 4.90 Å². The predicted molar refractivity (Wildman–Crippen MR) is 95.3 cm³/mol. The number of halogens is 1. The molecule has 0 amide bonds. The molecular formula is C17H19ClN2O3S. The van der Waals surface area contributed by atoms with Crippen LogP contribution in [0.4, 0.5) is 5.69 Å². The first-order valence-electron chi connectivity index (χ1n) is 7.68. The molecule has 24 heavy (non-hydrogen) atoms. The molecule has 3 rings (SSSR count). The van der Waals surface area contributed by atoms with Crippen molar-refractivity contribution in [3.05, 3.63) is 53.1 Å². The molecule has 0 atom stereocenters. The highest BCUT2D eigenvalue weighted by atomic mass is 35.5. The Morgan fingerprint density at radius 3 is 2.38 bits per heavy atom. The lowest BCUT2D eigenvalue weighted by Gasteiger charge is -2.35. The van der Waals surface area contributed by atoms with Gasteiger partial charge in [0.25, 0.3) is 0 Å². The van der Waals surface area contributed by atoms with E-state index in [4.69, 9.17) is 11.6 Å². The normalized spacial score (nSPS) is 16.3. The zero-order valence-corrected chi connectivity index (χ0v) is 14.9. The summed E-state index contributed by atoms with van der Waals surface area (Å²) < 4.78 is 27.0. The summed E-state index contributed by atoms with van der Waals surface area (Å²) in [6.45, 7) is 3.77. The maximum Gasteiger partial charge on any atom is 0.243 e. The number of benzene rings is 2. The van der Waals surface area contributed by atoms with Crippen molar-refractivity contribution >= 4 is 27.3 Å². The van der Waals surface area contributed by atoms with Crippen molar-refractivity contribution in [3.63, 3.8) is 0 Å². The smallest absolute Gasteiger partial charge is 0.243 e. The first kappa shape index (κ1) is 17.1. The van der Waals surface area contributed by atoms with Crippen LogP contribution in [0.3, 0.4) is 0 Å². The molecule has 0 unspecified atom stereocenters. The lowest BCUT2D eigenvalue weighted by atomic mass is 10.2. The van der Waals surface area contributed by atoms with Crippen LogP contribution in [0.15, 0.2) is 47.4 Å². The Morgan fingerprint density at radius 1 is 1.04 bits per heavy atom.